The molecule has 1 saturated heterocycles. The maximum atomic E-state index is 12.0. The second kappa shape index (κ2) is 9.77. The zero-order chi connectivity index (χ0) is 14.5. The van der Waals surface area contributed by atoms with E-state index in [1.54, 1.807) is 22.8 Å². The normalized spacial score (nSPS) is 16.3. The summed E-state index contributed by atoms with van der Waals surface area (Å²) in [5.74, 6) is 1.75. The fraction of sp³-hybridized carbons (Fsp3) is 0.357. The summed E-state index contributed by atoms with van der Waals surface area (Å²) in [6.45, 7) is 1.19. The van der Waals surface area contributed by atoms with Gasteiger partial charge >= 0.3 is 0 Å². The van der Waals surface area contributed by atoms with Crippen LogP contribution in [0.5, 0.6) is 0 Å². The summed E-state index contributed by atoms with van der Waals surface area (Å²) < 4.78 is 1.77. The van der Waals surface area contributed by atoms with Crippen LogP contribution in [-0.2, 0) is 17.9 Å². The number of nitrogens with zero attached hydrogens (tertiary/aromatic N) is 3. The highest BCUT2D eigenvalue weighted by atomic mass is 35.5. The standard InChI is InChI=1S/C14H17N5OS.2ClH/c20-14(13-7-21-10-17-13)16-5-11-3-1-2-4-12(11)6-19-9-15-8-18-19;;/h1-4,8-9,13,17H,5-7,10H2,(H,16,20);2*1H/t13-;;/m1../s1. The first-order chi connectivity index (χ1) is 10.3. The molecule has 1 aromatic carbocycles. The van der Waals surface area contributed by atoms with E-state index in [2.05, 4.69) is 20.7 Å². The van der Waals surface area contributed by atoms with Crippen LogP contribution in [0.4, 0.5) is 0 Å². The van der Waals surface area contributed by atoms with Gasteiger partial charge in [-0.2, -0.15) is 5.10 Å². The van der Waals surface area contributed by atoms with Gasteiger partial charge in [-0.25, -0.2) is 9.67 Å². The van der Waals surface area contributed by atoms with Gasteiger partial charge in [0.15, 0.2) is 0 Å². The van der Waals surface area contributed by atoms with Crippen molar-refractivity contribution in [3.8, 4) is 0 Å². The molecule has 23 heavy (non-hydrogen) atoms. The van der Waals surface area contributed by atoms with Crippen LogP contribution in [0, 0.1) is 0 Å². The first-order valence-corrected chi connectivity index (χ1v) is 7.96. The van der Waals surface area contributed by atoms with Crippen LogP contribution < -0.4 is 10.6 Å². The lowest BCUT2D eigenvalue weighted by atomic mass is 10.1. The molecule has 0 spiro atoms. The van der Waals surface area contributed by atoms with Gasteiger partial charge in [-0.1, -0.05) is 24.3 Å². The van der Waals surface area contributed by atoms with E-state index in [0.717, 1.165) is 22.8 Å². The number of hydrogen-bond donors (Lipinski definition) is 2. The van der Waals surface area contributed by atoms with Crippen molar-refractivity contribution in [2.24, 2.45) is 0 Å². The van der Waals surface area contributed by atoms with E-state index < -0.39 is 0 Å². The molecule has 1 aliphatic rings. The molecule has 1 amide bonds. The van der Waals surface area contributed by atoms with E-state index in [1.165, 1.54) is 6.33 Å². The monoisotopic (exact) mass is 375 g/mol. The van der Waals surface area contributed by atoms with Crippen LogP contribution in [0.25, 0.3) is 0 Å². The Bertz CT molecular complexity index is 605. The smallest absolute Gasteiger partial charge is 0.238 e. The average molecular weight is 376 g/mol. The number of rotatable bonds is 5. The molecule has 2 heterocycles. The number of carbonyl (C=O) groups is 1. The van der Waals surface area contributed by atoms with Crippen molar-refractivity contribution in [2.45, 2.75) is 19.1 Å². The fourth-order valence-electron chi connectivity index (χ4n) is 2.24. The third-order valence-corrected chi connectivity index (χ3v) is 4.34. The van der Waals surface area contributed by atoms with E-state index in [9.17, 15) is 4.79 Å². The second-order valence-electron chi connectivity index (χ2n) is 4.85. The molecule has 0 bridgehead atoms. The summed E-state index contributed by atoms with van der Waals surface area (Å²) in [5.41, 5.74) is 2.24. The Morgan fingerprint density at radius 3 is 2.78 bits per heavy atom. The Labute approximate surface area is 151 Å². The average Bonchev–Trinajstić information content (AvgIpc) is 3.19. The Morgan fingerprint density at radius 1 is 1.35 bits per heavy atom. The topological polar surface area (TPSA) is 71.8 Å². The van der Waals surface area contributed by atoms with Crippen LogP contribution in [0.1, 0.15) is 11.1 Å². The highest BCUT2D eigenvalue weighted by Crippen LogP contribution is 2.12. The SMILES string of the molecule is Cl.Cl.O=C(NCc1ccccc1Cn1cncn1)[C@H]1CSCN1. The van der Waals surface area contributed by atoms with Gasteiger partial charge in [-0.15, -0.1) is 36.6 Å². The van der Waals surface area contributed by atoms with Crippen LogP contribution >= 0.6 is 36.6 Å². The summed E-state index contributed by atoms with van der Waals surface area (Å²) in [6.07, 6.45) is 3.21. The van der Waals surface area contributed by atoms with E-state index in [4.69, 9.17) is 0 Å². The second-order valence-corrected chi connectivity index (χ2v) is 5.88. The fourth-order valence-corrected chi connectivity index (χ4v) is 3.18. The number of hydrogen-bond acceptors (Lipinski definition) is 5. The molecule has 3 rings (SSSR count). The minimum absolute atomic E-state index is 0. The number of aromatic nitrogens is 3. The Kier molecular flexibility index (Phi) is 8.40. The van der Waals surface area contributed by atoms with Gasteiger partial charge in [-0.05, 0) is 11.1 Å². The number of carbonyl (C=O) groups excluding carboxylic acids is 1. The number of benzene rings is 1. The minimum atomic E-state index is -0.0718. The summed E-state index contributed by atoms with van der Waals surface area (Å²) in [4.78, 5) is 16.0. The molecule has 1 atom stereocenters. The summed E-state index contributed by atoms with van der Waals surface area (Å²) >= 11 is 1.75. The van der Waals surface area contributed by atoms with Gasteiger partial charge < -0.3 is 5.32 Å². The van der Waals surface area contributed by atoms with E-state index >= 15 is 0 Å². The molecule has 6 nitrogen and oxygen atoms in total. The molecule has 2 aromatic rings. The number of halogens is 2. The lowest BCUT2D eigenvalue weighted by Crippen LogP contribution is -2.41. The van der Waals surface area contributed by atoms with E-state index in [0.29, 0.717) is 13.1 Å². The molecular formula is C14H19Cl2N5OS. The zero-order valence-corrected chi connectivity index (χ0v) is 14.8. The highest BCUT2D eigenvalue weighted by Gasteiger charge is 2.22. The molecular weight excluding hydrogens is 357 g/mol. The molecule has 1 aromatic heterocycles. The van der Waals surface area contributed by atoms with Gasteiger partial charge in [0.2, 0.25) is 5.91 Å². The third kappa shape index (κ3) is 5.39. The molecule has 0 unspecified atom stereocenters. The van der Waals surface area contributed by atoms with E-state index in [-0.39, 0.29) is 36.8 Å². The zero-order valence-electron chi connectivity index (χ0n) is 12.3. The maximum Gasteiger partial charge on any atom is 0.238 e. The predicted molar refractivity (Wildman–Crippen MR) is 96.2 cm³/mol. The lowest BCUT2D eigenvalue weighted by molar-refractivity contribution is -0.122. The molecule has 126 valence electrons. The van der Waals surface area contributed by atoms with Gasteiger partial charge in [-0.3, -0.25) is 10.1 Å². The minimum Gasteiger partial charge on any atom is -0.351 e. The first-order valence-electron chi connectivity index (χ1n) is 6.81. The van der Waals surface area contributed by atoms with Crippen LogP contribution in [-0.4, -0.2) is 38.3 Å². The predicted octanol–water partition coefficient (Wildman–Crippen LogP) is 1.45. The summed E-state index contributed by atoms with van der Waals surface area (Å²) in [6, 6.07) is 7.98. The van der Waals surface area contributed by atoms with Crippen molar-refractivity contribution in [3.05, 3.63) is 48.0 Å². The van der Waals surface area contributed by atoms with Crippen molar-refractivity contribution in [3.63, 3.8) is 0 Å². The number of amides is 1. The molecule has 9 heteroatoms. The molecule has 2 N–H and O–H groups in total. The number of nitrogens with one attached hydrogen (secondary N) is 2. The Morgan fingerprint density at radius 2 is 2.13 bits per heavy atom. The van der Waals surface area contributed by atoms with Gasteiger partial charge in [0, 0.05) is 18.2 Å². The third-order valence-electron chi connectivity index (χ3n) is 3.40. The lowest BCUT2D eigenvalue weighted by Gasteiger charge is -2.13. The highest BCUT2D eigenvalue weighted by molar-refractivity contribution is 7.99. The van der Waals surface area contributed by atoms with Gasteiger partial charge in [0.25, 0.3) is 0 Å². The molecule has 0 aliphatic carbocycles. The quantitative estimate of drug-likeness (QED) is 0.827. The Hall–Kier alpha value is -1.28. The van der Waals surface area contributed by atoms with Crippen LogP contribution in [0.2, 0.25) is 0 Å². The van der Waals surface area contributed by atoms with Crippen LogP contribution in [0.15, 0.2) is 36.9 Å². The first kappa shape index (κ1) is 19.8. The number of thioether (sulfide) groups is 1. The van der Waals surface area contributed by atoms with Crippen molar-refractivity contribution in [1.82, 2.24) is 25.4 Å². The van der Waals surface area contributed by atoms with Crippen molar-refractivity contribution in [1.29, 1.82) is 0 Å². The van der Waals surface area contributed by atoms with Gasteiger partial charge in [0.05, 0.1) is 12.6 Å². The molecule has 0 saturated carbocycles. The molecule has 1 fully saturated rings. The van der Waals surface area contributed by atoms with Crippen LogP contribution in [0.3, 0.4) is 0 Å². The molecule has 1 aliphatic heterocycles. The summed E-state index contributed by atoms with van der Waals surface area (Å²) in [7, 11) is 0. The van der Waals surface area contributed by atoms with E-state index in [1.807, 2.05) is 24.3 Å². The molecule has 0 radical (unpaired) electrons. The Balaban J connectivity index is 0.00000132. The van der Waals surface area contributed by atoms with Crippen molar-refractivity contribution < 1.29 is 4.79 Å². The van der Waals surface area contributed by atoms with Crippen molar-refractivity contribution in [2.75, 3.05) is 11.6 Å². The summed E-state index contributed by atoms with van der Waals surface area (Å²) in [5, 5.41) is 10.3. The largest absolute Gasteiger partial charge is 0.351 e. The van der Waals surface area contributed by atoms with Crippen molar-refractivity contribution >= 4 is 42.5 Å². The maximum absolute atomic E-state index is 12.0. The van der Waals surface area contributed by atoms with Gasteiger partial charge in [0.1, 0.15) is 12.7 Å².